The van der Waals surface area contributed by atoms with Crippen molar-refractivity contribution in [2.24, 2.45) is 5.41 Å². The minimum atomic E-state index is -1.44. The summed E-state index contributed by atoms with van der Waals surface area (Å²) < 4.78 is 27.2. The largest absolute Gasteiger partial charge is 0.494 e. The van der Waals surface area contributed by atoms with Gasteiger partial charge in [-0.05, 0) is 57.6 Å². The van der Waals surface area contributed by atoms with E-state index in [0.29, 0.717) is 40.0 Å². The molecule has 4 atom stereocenters. The Morgan fingerprint density at radius 3 is 2.72 bits per heavy atom. The van der Waals surface area contributed by atoms with Gasteiger partial charge in [0.2, 0.25) is 11.8 Å². The quantitative estimate of drug-likeness (QED) is 0.252. The fraction of sp³-hybridized carbons (Fsp3) is 0.387. The van der Waals surface area contributed by atoms with Gasteiger partial charge in [0.25, 0.3) is 0 Å². The molecule has 43 heavy (non-hydrogen) atoms. The third-order valence-electron chi connectivity index (χ3n) is 7.83. The van der Waals surface area contributed by atoms with Crippen molar-refractivity contribution in [3.05, 3.63) is 75.2 Å². The lowest BCUT2D eigenvalue weighted by Crippen LogP contribution is -2.50. The number of aromatic nitrogens is 1. The molecular formula is C31H33BrClFN4O5. The highest BCUT2D eigenvalue weighted by molar-refractivity contribution is 9.10. The molecular weight excluding hydrogens is 643 g/mol. The van der Waals surface area contributed by atoms with Crippen LogP contribution < -0.4 is 25.4 Å². The molecule has 1 unspecified atom stereocenters. The van der Waals surface area contributed by atoms with Gasteiger partial charge in [0.1, 0.15) is 29.3 Å². The number of anilines is 2. The highest BCUT2D eigenvalue weighted by Crippen LogP contribution is 2.56. The minimum absolute atomic E-state index is 0.0980. The third-order valence-corrected chi connectivity index (χ3v) is 8.65. The Morgan fingerprint density at radius 2 is 2.02 bits per heavy atom. The van der Waals surface area contributed by atoms with Crippen molar-refractivity contribution in [3.8, 4) is 11.5 Å². The second kappa shape index (κ2) is 12.0. The second-order valence-electron chi connectivity index (χ2n) is 11.9. The van der Waals surface area contributed by atoms with Gasteiger partial charge in [0.05, 0.1) is 46.3 Å². The Hall–Kier alpha value is -3.25. The van der Waals surface area contributed by atoms with E-state index in [0.717, 1.165) is 0 Å². The topological polar surface area (TPSA) is 122 Å². The number of halogens is 3. The number of carbonyl (C=O) groups is 2. The number of fused-ring (bicyclic) bond motifs is 2. The minimum Gasteiger partial charge on any atom is -0.494 e. The smallest absolute Gasteiger partial charge is 0.242 e. The van der Waals surface area contributed by atoms with Crippen molar-refractivity contribution >= 4 is 50.7 Å². The van der Waals surface area contributed by atoms with Crippen LogP contribution in [0.4, 0.5) is 15.8 Å². The van der Waals surface area contributed by atoms with Crippen LogP contribution >= 0.6 is 27.5 Å². The number of nitrogens with one attached hydrogen (secondary N) is 3. The first kappa shape index (κ1) is 31.2. The van der Waals surface area contributed by atoms with Crippen LogP contribution in [0.15, 0.2) is 53.1 Å². The second-order valence-corrected chi connectivity index (χ2v) is 13.2. The van der Waals surface area contributed by atoms with E-state index in [4.69, 9.17) is 26.2 Å². The van der Waals surface area contributed by atoms with Gasteiger partial charge in [0.15, 0.2) is 0 Å². The van der Waals surface area contributed by atoms with E-state index in [1.54, 1.807) is 42.5 Å². The summed E-state index contributed by atoms with van der Waals surface area (Å²) in [6, 6.07) is 9.67. The molecule has 0 aliphatic carbocycles. The molecule has 2 aliphatic rings. The zero-order valence-corrected chi connectivity index (χ0v) is 26.5. The number of aliphatic hydroxyl groups is 1. The molecule has 1 fully saturated rings. The average Bonchev–Trinajstić information content (AvgIpc) is 3.42. The zero-order valence-electron chi connectivity index (χ0n) is 24.1. The summed E-state index contributed by atoms with van der Waals surface area (Å²) in [6.07, 6.45) is 1.93. The Balaban J connectivity index is 1.66. The highest BCUT2D eigenvalue weighted by atomic mass is 79.9. The van der Waals surface area contributed by atoms with Crippen LogP contribution in [-0.2, 0) is 15.0 Å². The Bertz CT molecular complexity index is 1570. The molecule has 1 saturated heterocycles. The van der Waals surface area contributed by atoms with E-state index in [1.165, 1.54) is 13.3 Å². The van der Waals surface area contributed by atoms with Crippen LogP contribution in [0, 0.1) is 11.2 Å². The fourth-order valence-corrected chi connectivity index (χ4v) is 6.76. The van der Waals surface area contributed by atoms with Crippen LogP contribution in [0.1, 0.15) is 44.4 Å². The maximum absolute atomic E-state index is 16.0. The van der Waals surface area contributed by atoms with Crippen LogP contribution in [0.3, 0.4) is 0 Å². The van der Waals surface area contributed by atoms with Crippen molar-refractivity contribution in [1.29, 1.82) is 0 Å². The summed E-state index contributed by atoms with van der Waals surface area (Å²) >= 11 is 9.54. The van der Waals surface area contributed by atoms with E-state index in [-0.39, 0.29) is 34.6 Å². The lowest BCUT2D eigenvalue weighted by atomic mass is 9.64. The summed E-state index contributed by atoms with van der Waals surface area (Å²) in [7, 11) is 1.46. The number of hydrogen-bond acceptors (Lipinski definition) is 7. The molecule has 3 heterocycles. The monoisotopic (exact) mass is 674 g/mol. The Labute approximate surface area is 262 Å². The normalized spacial score (nSPS) is 22.8. The van der Waals surface area contributed by atoms with E-state index in [1.807, 2.05) is 20.8 Å². The van der Waals surface area contributed by atoms with E-state index in [2.05, 4.69) is 36.9 Å². The Kier molecular flexibility index (Phi) is 8.72. The van der Waals surface area contributed by atoms with Gasteiger partial charge in [-0.1, -0.05) is 44.5 Å². The van der Waals surface area contributed by atoms with Crippen LogP contribution in [0.5, 0.6) is 11.5 Å². The van der Waals surface area contributed by atoms with Crippen LogP contribution in [0.2, 0.25) is 5.02 Å². The molecule has 0 bridgehead atoms. The summed E-state index contributed by atoms with van der Waals surface area (Å²) in [5.41, 5.74) is -0.333. The van der Waals surface area contributed by atoms with Gasteiger partial charge < -0.3 is 30.5 Å². The van der Waals surface area contributed by atoms with Crippen molar-refractivity contribution in [2.45, 2.75) is 50.6 Å². The lowest BCUT2D eigenvalue weighted by molar-refractivity contribution is -0.122. The third kappa shape index (κ3) is 5.71. The number of nitrogens with zero attached hydrogens (tertiary/aromatic N) is 1. The molecule has 228 valence electrons. The first-order valence-corrected chi connectivity index (χ1v) is 15.0. The Morgan fingerprint density at radius 1 is 1.26 bits per heavy atom. The number of rotatable bonds is 8. The van der Waals surface area contributed by atoms with Gasteiger partial charge in [-0.15, -0.1) is 0 Å². The van der Waals surface area contributed by atoms with Gasteiger partial charge in [0, 0.05) is 24.2 Å². The molecule has 2 amide bonds. The number of pyridine rings is 1. The number of amides is 2. The fourth-order valence-electron chi connectivity index (χ4n) is 6.22. The van der Waals surface area contributed by atoms with Gasteiger partial charge in [-0.25, -0.2) is 4.39 Å². The predicted octanol–water partition coefficient (Wildman–Crippen LogP) is 5.41. The van der Waals surface area contributed by atoms with E-state index in [9.17, 15) is 9.59 Å². The van der Waals surface area contributed by atoms with Crippen molar-refractivity contribution in [3.63, 3.8) is 0 Å². The lowest BCUT2D eigenvalue weighted by Gasteiger charge is -2.37. The predicted molar refractivity (Wildman–Crippen MR) is 165 cm³/mol. The van der Waals surface area contributed by atoms with E-state index >= 15 is 4.39 Å². The van der Waals surface area contributed by atoms with Crippen LogP contribution in [-0.4, -0.2) is 54.3 Å². The average molecular weight is 676 g/mol. The molecule has 2 aliphatic heterocycles. The summed E-state index contributed by atoms with van der Waals surface area (Å²) in [5.74, 6) is -1.66. The number of ether oxygens (including phenoxy) is 2. The number of benzene rings is 2. The standard InChI is InChI=1S/C31H33BrClFN4O5/c1-30(2,3)14-23-31(27-21(37-29(31)41)12-16(33)15-35-27)24(18-6-5-7-19(32)25(18)34)26(38-23)28(40)36-20-9-8-17(43-11-10-39)13-22(20)42-4/h5-9,12-13,15,23-24,26,38-39H,10-11,14H2,1-4H3,(H,36,40)(H,37,41)/t23-,24?,26+,31+/m0/s1. The molecule has 1 aromatic heterocycles. The number of carbonyl (C=O) groups excluding carboxylic acids is 2. The number of methoxy groups -OCH3 is 1. The SMILES string of the molecule is COc1cc(OCCO)ccc1NC(=O)[C@@H]1N[C@@H](CC(C)(C)C)[C@@]2(C(=O)Nc3cc(Cl)cnc32)C1c1cccc(Br)c1F. The van der Waals surface area contributed by atoms with Crippen molar-refractivity contribution in [1.82, 2.24) is 10.3 Å². The molecule has 2 aromatic carbocycles. The van der Waals surface area contributed by atoms with Gasteiger partial charge >= 0.3 is 0 Å². The van der Waals surface area contributed by atoms with Crippen molar-refractivity contribution < 1.29 is 28.6 Å². The molecule has 1 spiro atoms. The highest BCUT2D eigenvalue weighted by Gasteiger charge is 2.67. The molecule has 12 heteroatoms. The summed E-state index contributed by atoms with van der Waals surface area (Å²) in [4.78, 5) is 33.1. The maximum Gasteiger partial charge on any atom is 0.242 e. The molecule has 4 N–H and O–H groups in total. The molecule has 5 rings (SSSR count). The van der Waals surface area contributed by atoms with E-state index < -0.39 is 35.1 Å². The maximum atomic E-state index is 16.0. The molecule has 9 nitrogen and oxygen atoms in total. The zero-order chi connectivity index (χ0) is 31.1. The van der Waals surface area contributed by atoms with Gasteiger partial charge in [-0.2, -0.15) is 0 Å². The molecule has 3 aromatic rings. The first-order chi connectivity index (χ1) is 20.4. The number of hydrogen-bond donors (Lipinski definition) is 4. The summed E-state index contributed by atoms with van der Waals surface area (Å²) in [6.45, 7) is 6.06. The van der Waals surface area contributed by atoms with Crippen LogP contribution in [0.25, 0.3) is 0 Å². The first-order valence-electron chi connectivity index (χ1n) is 13.8. The molecule has 0 radical (unpaired) electrons. The summed E-state index contributed by atoms with van der Waals surface area (Å²) in [5, 5.41) is 18.7. The van der Waals surface area contributed by atoms with Gasteiger partial charge in [-0.3, -0.25) is 14.6 Å². The van der Waals surface area contributed by atoms with Crippen molar-refractivity contribution in [2.75, 3.05) is 31.0 Å². The molecule has 0 saturated carbocycles. The number of aliphatic hydroxyl groups excluding tert-OH is 1.